The van der Waals surface area contributed by atoms with Gasteiger partial charge in [-0.1, -0.05) is 18.5 Å². The van der Waals surface area contributed by atoms with E-state index in [0.29, 0.717) is 19.6 Å². The summed E-state index contributed by atoms with van der Waals surface area (Å²) in [5.74, 6) is 0.936. The Morgan fingerprint density at radius 3 is 3.07 bits per heavy atom. The van der Waals surface area contributed by atoms with Crippen LogP contribution in [0.3, 0.4) is 0 Å². The summed E-state index contributed by atoms with van der Waals surface area (Å²) < 4.78 is 7.91. The molecule has 1 N–H and O–H groups in total. The number of nitrogens with zero attached hydrogens (tertiary/aromatic N) is 3. The minimum atomic E-state index is 0.0484. The highest BCUT2D eigenvalue weighted by molar-refractivity contribution is 6.30. The predicted molar refractivity (Wildman–Crippen MR) is 105 cm³/mol. The van der Waals surface area contributed by atoms with Crippen molar-refractivity contribution in [3.63, 3.8) is 0 Å². The summed E-state index contributed by atoms with van der Waals surface area (Å²) in [7, 11) is 0. The molecule has 2 aliphatic rings. The Labute approximate surface area is 163 Å². The standard InChI is InChI=1S/C20H23ClN4O2/c1-2-20(26)22-10-17-9-18-12-24(5-6-25(18)23-17)11-14-7-15-8-16(21)3-4-19(15)27-13-14/h3-4,7-9H,2,5-6,10-13H2,1H3,(H,22,26). The Balaban J connectivity index is 1.40. The number of carbonyl (C=O) groups is 1. The number of fused-ring (bicyclic) bond motifs is 2. The molecular formula is C20H23ClN4O2. The summed E-state index contributed by atoms with van der Waals surface area (Å²) in [6.07, 6.45) is 2.68. The van der Waals surface area contributed by atoms with Crippen molar-refractivity contribution in [2.45, 2.75) is 33.0 Å². The van der Waals surface area contributed by atoms with E-state index < -0.39 is 0 Å². The number of aromatic nitrogens is 2. The predicted octanol–water partition coefficient (Wildman–Crippen LogP) is 2.85. The van der Waals surface area contributed by atoms with Crippen LogP contribution in [0.5, 0.6) is 5.75 Å². The topological polar surface area (TPSA) is 59.4 Å². The van der Waals surface area contributed by atoms with Crippen molar-refractivity contribution < 1.29 is 9.53 Å². The van der Waals surface area contributed by atoms with Gasteiger partial charge in [0, 0.05) is 36.6 Å². The molecule has 7 heteroatoms. The maximum atomic E-state index is 11.4. The molecule has 6 nitrogen and oxygen atoms in total. The van der Waals surface area contributed by atoms with Gasteiger partial charge in [0.25, 0.3) is 0 Å². The molecule has 4 rings (SSSR count). The molecular weight excluding hydrogens is 364 g/mol. The van der Waals surface area contributed by atoms with Gasteiger partial charge in [-0.25, -0.2) is 0 Å². The summed E-state index contributed by atoms with van der Waals surface area (Å²) >= 11 is 6.10. The number of halogens is 1. The molecule has 0 atom stereocenters. The second-order valence-electron chi connectivity index (χ2n) is 6.96. The third-order valence-electron chi connectivity index (χ3n) is 4.89. The average Bonchev–Trinajstić information content (AvgIpc) is 3.08. The molecule has 0 aliphatic carbocycles. The summed E-state index contributed by atoms with van der Waals surface area (Å²) in [6, 6.07) is 7.80. The lowest BCUT2D eigenvalue weighted by Gasteiger charge is -2.29. The number of carbonyl (C=O) groups excluding carboxylic acids is 1. The maximum Gasteiger partial charge on any atom is 0.220 e. The molecule has 3 heterocycles. The summed E-state index contributed by atoms with van der Waals surface area (Å²) in [5, 5.41) is 8.20. The second kappa shape index (κ2) is 7.74. The third kappa shape index (κ3) is 4.17. The van der Waals surface area contributed by atoms with E-state index in [1.54, 1.807) is 0 Å². The molecule has 0 spiro atoms. The molecule has 2 aliphatic heterocycles. The molecule has 0 radical (unpaired) electrons. The number of hydrogen-bond acceptors (Lipinski definition) is 4. The van der Waals surface area contributed by atoms with E-state index in [0.717, 1.165) is 48.2 Å². The van der Waals surface area contributed by atoms with Gasteiger partial charge in [0.1, 0.15) is 12.4 Å². The van der Waals surface area contributed by atoms with Crippen molar-refractivity contribution in [3.8, 4) is 5.75 Å². The molecule has 0 bridgehead atoms. The highest BCUT2D eigenvalue weighted by atomic mass is 35.5. The van der Waals surface area contributed by atoms with E-state index in [1.165, 1.54) is 11.3 Å². The zero-order chi connectivity index (χ0) is 18.8. The molecule has 2 aromatic rings. The van der Waals surface area contributed by atoms with Crippen molar-refractivity contribution in [3.05, 3.63) is 51.8 Å². The zero-order valence-corrected chi connectivity index (χ0v) is 16.1. The molecule has 1 aromatic heterocycles. The molecule has 27 heavy (non-hydrogen) atoms. The van der Waals surface area contributed by atoms with Crippen molar-refractivity contribution in [1.82, 2.24) is 20.0 Å². The van der Waals surface area contributed by atoms with Crippen LogP contribution in [0, 0.1) is 0 Å². The number of amides is 1. The third-order valence-corrected chi connectivity index (χ3v) is 5.12. The minimum Gasteiger partial charge on any atom is -0.489 e. The SMILES string of the molecule is CCC(=O)NCc1cc2n(n1)CCN(CC1=Cc3cc(Cl)ccc3OC1)C2. The van der Waals surface area contributed by atoms with Gasteiger partial charge in [0.2, 0.25) is 5.91 Å². The van der Waals surface area contributed by atoms with Crippen LogP contribution in [-0.4, -0.2) is 40.3 Å². The van der Waals surface area contributed by atoms with Gasteiger partial charge in [-0.3, -0.25) is 14.4 Å². The fourth-order valence-electron chi connectivity index (χ4n) is 3.49. The molecule has 0 saturated carbocycles. The largest absolute Gasteiger partial charge is 0.489 e. The smallest absolute Gasteiger partial charge is 0.220 e. The molecule has 0 saturated heterocycles. The first-order valence-electron chi connectivity index (χ1n) is 9.27. The van der Waals surface area contributed by atoms with Crippen LogP contribution in [0.15, 0.2) is 29.8 Å². The summed E-state index contributed by atoms with van der Waals surface area (Å²) in [6.45, 7) is 6.44. The van der Waals surface area contributed by atoms with Crippen molar-refractivity contribution in [1.29, 1.82) is 0 Å². The zero-order valence-electron chi connectivity index (χ0n) is 15.4. The highest BCUT2D eigenvalue weighted by Crippen LogP contribution is 2.29. The van der Waals surface area contributed by atoms with Crippen LogP contribution in [0.2, 0.25) is 5.02 Å². The Bertz CT molecular complexity index is 890. The Morgan fingerprint density at radius 2 is 2.22 bits per heavy atom. The molecule has 1 aromatic carbocycles. The fraction of sp³-hybridized carbons (Fsp3) is 0.400. The van der Waals surface area contributed by atoms with E-state index in [9.17, 15) is 4.79 Å². The van der Waals surface area contributed by atoms with Crippen LogP contribution in [0.1, 0.15) is 30.3 Å². The molecule has 0 unspecified atom stereocenters. The lowest BCUT2D eigenvalue weighted by molar-refractivity contribution is -0.120. The van der Waals surface area contributed by atoms with Gasteiger partial charge >= 0.3 is 0 Å². The van der Waals surface area contributed by atoms with Crippen LogP contribution in [0.25, 0.3) is 6.08 Å². The first-order chi connectivity index (χ1) is 13.1. The van der Waals surface area contributed by atoms with E-state index in [4.69, 9.17) is 16.3 Å². The van der Waals surface area contributed by atoms with Gasteiger partial charge in [0.15, 0.2) is 0 Å². The monoisotopic (exact) mass is 386 g/mol. The summed E-state index contributed by atoms with van der Waals surface area (Å²) in [4.78, 5) is 13.8. The number of hydrogen-bond donors (Lipinski definition) is 1. The maximum absolute atomic E-state index is 11.4. The van der Waals surface area contributed by atoms with Crippen LogP contribution >= 0.6 is 11.6 Å². The Morgan fingerprint density at radius 1 is 1.33 bits per heavy atom. The number of benzene rings is 1. The van der Waals surface area contributed by atoms with Gasteiger partial charge in [-0.2, -0.15) is 5.10 Å². The second-order valence-corrected chi connectivity index (χ2v) is 7.40. The van der Waals surface area contributed by atoms with E-state index in [1.807, 2.05) is 29.8 Å². The minimum absolute atomic E-state index is 0.0484. The van der Waals surface area contributed by atoms with E-state index >= 15 is 0 Å². The van der Waals surface area contributed by atoms with Crippen LogP contribution in [-0.2, 0) is 24.4 Å². The van der Waals surface area contributed by atoms with Gasteiger partial charge in [-0.15, -0.1) is 0 Å². The first-order valence-corrected chi connectivity index (χ1v) is 9.65. The van der Waals surface area contributed by atoms with E-state index in [-0.39, 0.29) is 5.91 Å². The Hall–Kier alpha value is -2.31. The number of ether oxygens (including phenoxy) is 1. The van der Waals surface area contributed by atoms with Gasteiger partial charge in [0.05, 0.1) is 24.5 Å². The van der Waals surface area contributed by atoms with Gasteiger partial charge < -0.3 is 10.1 Å². The normalized spacial score (nSPS) is 16.1. The summed E-state index contributed by atoms with van der Waals surface area (Å²) in [5.41, 5.74) is 4.38. The van der Waals surface area contributed by atoms with Crippen LogP contribution in [0.4, 0.5) is 0 Å². The van der Waals surface area contributed by atoms with Gasteiger partial charge in [-0.05, 0) is 35.9 Å². The average molecular weight is 387 g/mol. The fourth-order valence-corrected chi connectivity index (χ4v) is 3.67. The van der Waals surface area contributed by atoms with E-state index in [2.05, 4.69) is 27.5 Å². The molecule has 1 amide bonds. The number of nitrogens with one attached hydrogen (secondary N) is 1. The quantitative estimate of drug-likeness (QED) is 0.858. The Kier molecular flexibility index (Phi) is 5.18. The van der Waals surface area contributed by atoms with Crippen molar-refractivity contribution >= 4 is 23.6 Å². The highest BCUT2D eigenvalue weighted by Gasteiger charge is 2.21. The molecule has 142 valence electrons. The molecule has 0 fully saturated rings. The number of rotatable bonds is 5. The van der Waals surface area contributed by atoms with Crippen LogP contribution < -0.4 is 10.1 Å². The lowest BCUT2D eigenvalue weighted by atomic mass is 10.1. The van der Waals surface area contributed by atoms with Crippen molar-refractivity contribution in [2.75, 3.05) is 19.7 Å². The van der Waals surface area contributed by atoms with Crippen molar-refractivity contribution in [2.24, 2.45) is 0 Å². The first kappa shape index (κ1) is 18.1. The lowest BCUT2D eigenvalue weighted by Crippen LogP contribution is -2.36.